The predicted octanol–water partition coefficient (Wildman–Crippen LogP) is 2.99. The predicted molar refractivity (Wildman–Crippen MR) is 79.1 cm³/mol. The molecule has 0 aliphatic heterocycles. The lowest BCUT2D eigenvalue weighted by Gasteiger charge is -2.29. The van der Waals surface area contributed by atoms with E-state index >= 15 is 0 Å². The van der Waals surface area contributed by atoms with Crippen molar-refractivity contribution in [3.05, 3.63) is 29.3 Å². The van der Waals surface area contributed by atoms with Gasteiger partial charge in [0.15, 0.2) is 0 Å². The Morgan fingerprint density at radius 1 is 1.25 bits per heavy atom. The lowest BCUT2D eigenvalue weighted by molar-refractivity contribution is 0.199. The summed E-state index contributed by atoms with van der Waals surface area (Å²) in [6.07, 6.45) is -0.183. The first kappa shape index (κ1) is 16.0. The fourth-order valence-electron chi connectivity index (χ4n) is 2.18. The van der Waals surface area contributed by atoms with Gasteiger partial charge in [-0.2, -0.15) is 10.5 Å². The summed E-state index contributed by atoms with van der Waals surface area (Å²) in [7, 11) is 0. The van der Waals surface area contributed by atoms with E-state index in [0.717, 1.165) is 17.8 Å². The van der Waals surface area contributed by atoms with Crippen molar-refractivity contribution in [1.82, 2.24) is 0 Å². The van der Waals surface area contributed by atoms with Gasteiger partial charge in [-0.25, -0.2) is 0 Å². The van der Waals surface area contributed by atoms with Gasteiger partial charge >= 0.3 is 0 Å². The summed E-state index contributed by atoms with van der Waals surface area (Å²) in [5.41, 5.74) is 2.21. The molecule has 0 fully saturated rings. The van der Waals surface area contributed by atoms with Gasteiger partial charge < -0.3 is 10.0 Å². The molecule has 4 heteroatoms. The van der Waals surface area contributed by atoms with Crippen molar-refractivity contribution in [3.63, 3.8) is 0 Å². The highest BCUT2D eigenvalue weighted by Gasteiger charge is 2.16. The third kappa shape index (κ3) is 4.26. The lowest BCUT2D eigenvalue weighted by Crippen LogP contribution is -2.29. The molecule has 0 aliphatic carbocycles. The second-order valence-electron chi connectivity index (χ2n) is 5.31. The summed E-state index contributed by atoms with van der Waals surface area (Å²) in [5.74, 6) is 0.432. The molecule has 1 atom stereocenters. The largest absolute Gasteiger partial charge is 0.389 e. The van der Waals surface area contributed by atoms with E-state index in [-0.39, 0.29) is 0 Å². The van der Waals surface area contributed by atoms with Crippen LogP contribution >= 0.6 is 0 Å². The van der Waals surface area contributed by atoms with Gasteiger partial charge in [0.25, 0.3) is 0 Å². The monoisotopic (exact) mass is 271 g/mol. The Morgan fingerprint density at radius 3 is 2.45 bits per heavy atom. The molecular weight excluding hydrogens is 250 g/mol. The smallest absolute Gasteiger partial charge is 0.0992 e. The van der Waals surface area contributed by atoms with E-state index in [1.165, 1.54) is 0 Å². The number of nitrogens with zero attached hydrogens (tertiary/aromatic N) is 3. The molecule has 1 aromatic carbocycles. The summed E-state index contributed by atoms with van der Waals surface area (Å²) in [4.78, 5) is 2.08. The number of nitriles is 2. The van der Waals surface area contributed by atoms with E-state index in [9.17, 15) is 5.11 Å². The van der Waals surface area contributed by atoms with E-state index in [1.807, 2.05) is 0 Å². The summed E-state index contributed by atoms with van der Waals surface area (Å²) in [6, 6.07) is 9.57. The molecule has 1 N–H and O–H groups in total. The molecule has 106 valence electrons. The molecule has 0 spiro atoms. The van der Waals surface area contributed by atoms with Gasteiger partial charge in [-0.1, -0.05) is 19.9 Å². The molecule has 1 rings (SSSR count). The van der Waals surface area contributed by atoms with E-state index in [1.54, 1.807) is 25.1 Å². The van der Waals surface area contributed by atoms with Crippen LogP contribution in [0.4, 0.5) is 5.69 Å². The Bertz CT molecular complexity index is 524. The molecule has 0 aliphatic rings. The van der Waals surface area contributed by atoms with Crippen molar-refractivity contribution in [1.29, 1.82) is 10.5 Å². The average molecular weight is 271 g/mol. The number of benzene rings is 1. The maximum absolute atomic E-state index is 9.90. The molecule has 0 bridgehead atoms. The van der Waals surface area contributed by atoms with Crippen molar-refractivity contribution >= 4 is 5.69 Å². The topological polar surface area (TPSA) is 71.0 Å². The summed E-state index contributed by atoms with van der Waals surface area (Å²) >= 11 is 0. The molecule has 20 heavy (non-hydrogen) atoms. The molecular formula is C16H21N3O. The standard InChI is InChI=1S/C16H21N3O/c1-12(2)11-19(8-4-7-17)16-9-14(10-18)5-6-15(16)13(3)20/h5-6,9,12-13,20H,4,8,11H2,1-3H3. The lowest BCUT2D eigenvalue weighted by atomic mass is 10.0. The Labute approximate surface area is 120 Å². The van der Waals surface area contributed by atoms with Gasteiger partial charge in [0, 0.05) is 24.3 Å². The highest BCUT2D eigenvalue weighted by atomic mass is 16.3. The van der Waals surface area contributed by atoms with Crippen molar-refractivity contribution < 1.29 is 5.11 Å². The Hall–Kier alpha value is -2.04. The fourth-order valence-corrected chi connectivity index (χ4v) is 2.18. The molecule has 1 aromatic rings. The minimum Gasteiger partial charge on any atom is -0.389 e. The Balaban J connectivity index is 3.21. The van der Waals surface area contributed by atoms with Crippen LogP contribution in [0.2, 0.25) is 0 Å². The second-order valence-corrected chi connectivity index (χ2v) is 5.31. The zero-order chi connectivity index (χ0) is 15.1. The fraction of sp³-hybridized carbons (Fsp3) is 0.500. The van der Waals surface area contributed by atoms with Crippen LogP contribution in [0.25, 0.3) is 0 Å². The van der Waals surface area contributed by atoms with Crippen LogP contribution in [0.1, 0.15) is 44.4 Å². The van der Waals surface area contributed by atoms with Crippen LogP contribution < -0.4 is 4.90 Å². The quantitative estimate of drug-likeness (QED) is 0.863. The average Bonchev–Trinajstić information content (AvgIpc) is 2.42. The third-order valence-electron chi connectivity index (χ3n) is 3.03. The number of rotatable bonds is 6. The van der Waals surface area contributed by atoms with E-state index in [4.69, 9.17) is 10.5 Å². The number of hydrogen-bond acceptors (Lipinski definition) is 4. The van der Waals surface area contributed by atoms with Crippen LogP contribution in [0.5, 0.6) is 0 Å². The molecule has 0 radical (unpaired) electrons. The first-order chi connectivity index (χ1) is 9.49. The first-order valence-electron chi connectivity index (χ1n) is 6.83. The van der Waals surface area contributed by atoms with Crippen molar-refractivity contribution in [2.45, 2.75) is 33.3 Å². The van der Waals surface area contributed by atoms with Crippen molar-refractivity contribution in [3.8, 4) is 12.1 Å². The summed E-state index contributed by atoms with van der Waals surface area (Å²) < 4.78 is 0. The van der Waals surface area contributed by atoms with Gasteiger partial charge in [0.1, 0.15) is 0 Å². The van der Waals surface area contributed by atoms with Crippen LogP contribution in [-0.4, -0.2) is 18.2 Å². The number of aliphatic hydroxyl groups is 1. The van der Waals surface area contributed by atoms with Crippen molar-refractivity contribution in [2.75, 3.05) is 18.0 Å². The molecule has 1 unspecified atom stereocenters. The van der Waals surface area contributed by atoms with Crippen LogP contribution in [0.3, 0.4) is 0 Å². The number of anilines is 1. The summed E-state index contributed by atoms with van der Waals surface area (Å²) in [6.45, 7) is 7.31. The highest BCUT2D eigenvalue weighted by Crippen LogP contribution is 2.28. The molecule has 0 heterocycles. The highest BCUT2D eigenvalue weighted by molar-refractivity contribution is 5.58. The molecule has 0 aromatic heterocycles. The van der Waals surface area contributed by atoms with Crippen LogP contribution in [-0.2, 0) is 0 Å². The summed E-state index contributed by atoms with van der Waals surface area (Å²) in [5, 5.41) is 27.7. The maximum atomic E-state index is 9.90. The zero-order valence-electron chi connectivity index (χ0n) is 12.3. The normalized spacial score (nSPS) is 11.8. The first-order valence-corrected chi connectivity index (χ1v) is 6.83. The molecule has 0 saturated carbocycles. The van der Waals surface area contributed by atoms with Gasteiger partial charge in [0.05, 0.1) is 30.2 Å². The van der Waals surface area contributed by atoms with Gasteiger partial charge in [-0.3, -0.25) is 0 Å². The van der Waals surface area contributed by atoms with Crippen LogP contribution in [0, 0.1) is 28.6 Å². The third-order valence-corrected chi connectivity index (χ3v) is 3.03. The number of hydrogen-bond donors (Lipinski definition) is 1. The van der Waals surface area contributed by atoms with Gasteiger partial charge in [0.2, 0.25) is 0 Å². The maximum Gasteiger partial charge on any atom is 0.0992 e. The molecule has 0 saturated heterocycles. The number of aliphatic hydroxyl groups excluding tert-OH is 1. The van der Waals surface area contributed by atoms with E-state index in [0.29, 0.717) is 24.4 Å². The zero-order valence-corrected chi connectivity index (χ0v) is 12.3. The van der Waals surface area contributed by atoms with E-state index in [2.05, 4.69) is 30.9 Å². The van der Waals surface area contributed by atoms with Gasteiger partial charge in [-0.05, 0) is 25.0 Å². The van der Waals surface area contributed by atoms with E-state index < -0.39 is 6.10 Å². The SMILES string of the molecule is CC(C)CN(CCC#N)c1cc(C#N)ccc1C(C)O. The minimum atomic E-state index is -0.602. The minimum absolute atomic E-state index is 0.419. The Kier molecular flexibility index (Phi) is 6.03. The van der Waals surface area contributed by atoms with Crippen molar-refractivity contribution in [2.24, 2.45) is 5.92 Å². The second kappa shape index (κ2) is 7.53. The van der Waals surface area contributed by atoms with Gasteiger partial charge in [-0.15, -0.1) is 0 Å². The Morgan fingerprint density at radius 2 is 1.95 bits per heavy atom. The molecule has 0 amide bonds. The molecule has 4 nitrogen and oxygen atoms in total. The van der Waals surface area contributed by atoms with Crippen LogP contribution in [0.15, 0.2) is 18.2 Å².